The van der Waals surface area contributed by atoms with Gasteiger partial charge in [-0.1, -0.05) is 6.92 Å². The van der Waals surface area contributed by atoms with Gasteiger partial charge in [0.2, 0.25) is 0 Å². The molecule has 2 rings (SSSR count). The lowest BCUT2D eigenvalue weighted by molar-refractivity contribution is -0.148. The number of methoxy groups -OCH3 is 1. The summed E-state index contributed by atoms with van der Waals surface area (Å²) in [7, 11) is 1.49. The standard InChI is InChI=1S/C11H19NO2/c1-7-5-9(11(13)14-2)10(12-6-7)8-3-4-8/h7-10,12H,3-6H2,1-2H3. The maximum atomic E-state index is 11.6. The zero-order valence-corrected chi connectivity index (χ0v) is 8.95. The van der Waals surface area contributed by atoms with Gasteiger partial charge in [-0.25, -0.2) is 0 Å². The van der Waals surface area contributed by atoms with Crippen molar-refractivity contribution in [2.24, 2.45) is 17.8 Å². The Hall–Kier alpha value is -0.570. The van der Waals surface area contributed by atoms with E-state index in [-0.39, 0.29) is 11.9 Å². The zero-order valence-electron chi connectivity index (χ0n) is 8.95. The fraction of sp³-hybridized carbons (Fsp3) is 0.909. The smallest absolute Gasteiger partial charge is 0.310 e. The summed E-state index contributed by atoms with van der Waals surface area (Å²) in [5.41, 5.74) is 0. The van der Waals surface area contributed by atoms with E-state index >= 15 is 0 Å². The molecule has 1 aliphatic carbocycles. The maximum absolute atomic E-state index is 11.6. The van der Waals surface area contributed by atoms with Crippen LogP contribution in [-0.2, 0) is 9.53 Å². The zero-order chi connectivity index (χ0) is 10.1. The van der Waals surface area contributed by atoms with Crippen molar-refractivity contribution < 1.29 is 9.53 Å². The average molecular weight is 197 g/mol. The Morgan fingerprint density at radius 2 is 2.14 bits per heavy atom. The third kappa shape index (κ3) is 1.92. The summed E-state index contributed by atoms with van der Waals surface area (Å²) < 4.78 is 4.87. The molecule has 0 amide bonds. The summed E-state index contributed by atoms with van der Waals surface area (Å²) in [5.74, 6) is 1.39. The number of nitrogens with one attached hydrogen (secondary N) is 1. The highest BCUT2D eigenvalue weighted by Gasteiger charge is 2.42. The Bertz CT molecular complexity index is 225. The monoisotopic (exact) mass is 197 g/mol. The molecule has 1 heterocycles. The van der Waals surface area contributed by atoms with Gasteiger partial charge in [0.05, 0.1) is 13.0 Å². The molecule has 3 nitrogen and oxygen atoms in total. The highest BCUT2D eigenvalue weighted by atomic mass is 16.5. The molecule has 80 valence electrons. The largest absolute Gasteiger partial charge is 0.469 e. The molecular formula is C11H19NO2. The van der Waals surface area contributed by atoms with E-state index in [1.54, 1.807) is 0 Å². The number of hydrogen-bond acceptors (Lipinski definition) is 3. The van der Waals surface area contributed by atoms with Crippen molar-refractivity contribution in [1.29, 1.82) is 0 Å². The van der Waals surface area contributed by atoms with Gasteiger partial charge >= 0.3 is 5.97 Å². The van der Waals surface area contributed by atoms with Crippen LogP contribution in [0.15, 0.2) is 0 Å². The molecule has 1 saturated heterocycles. The van der Waals surface area contributed by atoms with Gasteiger partial charge in [0.15, 0.2) is 0 Å². The van der Waals surface area contributed by atoms with Gasteiger partial charge in [-0.3, -0.25) is 4.79 Å². The van der Waals surface area contributed by atoms with Crippen molar-refractivity contribution in [2.45, 2.75) is 32.2 Å². The van der Waals surface area contributed by atoms with Crippen LogP contribution in [0.3, 0.4) is 0 Å². The highest BCUT2D eigenvalue weighted by molar-refractivity contribution is 5.73. The molecule has 2 aliphatic rings. The van der Waals surface area contributed by atoms with Gasteiger partial charge in [-0.05, 0) is 37.6 Å². The van der Waals surface area contributed by atoms with Crippen molar-refractivity contribution in [1.82, 2.24) is 5.32 Å². The first kappa shape index (κ1) is 9.97. The first-order chi connectivity index (χ1) is 6.72. The lowest BCUT2D eigenvalue weighted by Gasteiger charge is -2.34. The summed E-state index contributed by atoms with van der Waals surface area (Å²) >= 11 is 0. The van der Waals surface area contributed by atoms with Crippen LogP contribution in [0.1, 0.15) is 26.2 Å². The van der Waals surface area contributed by atoms with E-state index in [0.29, 0.717) is 12.0 Å². The summed E-state index contributed by atoms with van der Waals surface area (Å²) in [6.07, 6.45) is 3.54. The van der Waals surface area contributed by atoms with Crippen LogP contribution in [0.4, 0.5) is 0 Å². The molecule has 3 unspecified atom stereocenters. The molecule has 1 aliphatic heterocycles. The SMILES string of the molecule is COC(=O)C1CC(C)CNC1C1CC1. The fourth-order valence-electron chi connectivity index (χ4n) is 2.49. The third-order valence-electron chi connectivity index (χ3n) is 3.43. The Labute approximate surface area is 85.2 Å². The highest BCUT2D eigenvalue weighted by Crippen LogP contribution is 2.39. The minimum atomic E-state index is -0.0269. The van der Waals surface area contributed by atoms with Crippen LogP contribution < -0.4 is 5.32 Å². The topological polar surface area (TPSA) is 38.3 Å². The van der Waals surface area contributed by atoms with Crippen LogP contribution in [0.5, 0.6) is 0 Å². The summed E-state index contributed by atoms with van der Waals surface area (Å²) in [4.78, 5) is 11.6. The molecule has 0 aromatic rings. The summed E-state index contributed by atoms with van der Waals surface area (Å²) in [6.45, 7) is 3.24. The Morgan fingerprint density at radius 1 is 1.43 bits per heavy atom. The maximum Gasteiger partial charge on any atom is 0.310 e. The molecular weight excluding hydrogens is 178 g/mol. The van der Waals surface area contributed by atoms with Crippen molar-refractivity contribution in [3.05, 3.63) is 0 Å². The molecule has 14 heavy (non-hydrogen) atoms. The van der Waals surface area contributed by atoms with E-state index in [9.17, 15) is 4.79 Å². The molecule has 0 bridgehead atoms. The lowest BCUT2D eigenvalue weighted by Crippen LogP contribution is -2.49. The van der Waals surface area contributed by atoms with Crippen molar-refractivity contribution in [3.63, 3.8) is 0 Å². The van der Waals surface area contributed by atoms with Crippen LogP contribution in [-0.4, -0.2) is 25.7 Å². The van der Waals surface area contributed by atoms with E-state index in [1.165, 1.54) is 20.0 Å². The van der Waals surface area contributed by atoms with Crippen molar-refractivity contribution in [2.75, 3.05) is 13.7 Å². The number of rotatable bonds is 2. The van der Waals surface area contributed by atoms with E-state index in [2.05, 4.69) is 12.2 Å². The van der Waals surface area contributed by atoms with E-state index < -0.39 is 0 Å². The number of hydrogen-bond donors (Lipinski definition) is 1. The van der Waals surface area contributed by atoms with Crippen LogP contribution in [0.2, 0.25) is 0 Å². The van der Waals surface area contributed by atoms with Crippen molar-refractivity contribution >= 4 is 5.97 Å². The molecule has 2 fully saturated rings. The van der Waals surface area contributed by atoms with E-state index in [0.717, 1.165) is 18.9 Å². The lowest BCUT2D eigenvalue weighted by atomic mass is 9.83. The number of ether oxygens (including phenoxy) is 1. The van der Waals surface area contributed by atoms with Gasteiger partial charge < -0.3 is 10.1 Å². The van der Waals surface area contributed by atoms with Crippen LogP contribution in [0, 0.1) is 17.8 Å². The van der Waals surface area contributed by atoms with Crippen LogP contribution in [0.25, 0.3) is 0 Å². The molecule has 0 radical (unpaired) electrons. The van der Waals surface area contributed by atoms with Gasteiger partial charge in [-0.2, -0.15) is 0 Å². The molecule has 0 aromatic carbocycles. The molecule has 0 spiro atoms. The molecule has 3 heteroatoms. The Kier molecular flexibility index (Phi) is 2.77. The van der Waals surface area contributed by atoms with Crippen LogP contribution >= 0.6 is 0 Å². The number of esters is 1. The molecule has 1 saturated carbocycles. The molecule has 1 N–H and O–H groups in total. The first-order valence-corrected chi connectivity index (χ1v) is 5.53. The Balaban J connectivity index is 2.02. The second-order valence-corrected chi connectivity index (χ2v) is 4.74. The molecule has 0 aromatic heterocycles. The normalized spacial score (nSPS) is 38.0. The van der Waals surface area contributed by atoms with Gasteiger partial charge in [0.1, 0.15) is 0 Å². The van der Waals surface area contributed by atoms with E-state index in [4.69, 9.17) is 4.74 Å². The second kappa shape index (κ2) is 3.89. The minimum Gasteiger partial charge on any atom is -0.469 e. The van der Waals surface area contributed by atoms with Gasteiger partial charge in [-0.15, -0.1) is 0 Å². The summed E-state index contributed by atoms with van der Waals surface area (Å²) in [6, 6.07) is 0.388. The number of carbonyl (C=O) groups is 1. The molecule has 3 atom stereocenters. The van der Waals surface area contributed by atoms with Gasteiger partial charge in [0.25, 0.3) is 0 Å². The van der Waals surface area contributed by atoms with Gasteiger partial charge in [0, 0.05) is 6.04 Å². The second-order valence-electron chi connectivity index (χ2n) is 4.74. The quantitative estimate of drug-likeness (QED) is 0.676. The fourth-order valence-corrected chi connectivity index (χ4v) is 2.49. The minimum absolute atomic E-state index is 0.0269. The predicted octanol–water partition coefficient (Wildman–Crippen LogP) is 1.18. The predicted molar refractivity (Wildman–Crippen MR) is 53.8 cm³/mol. The third-order valence-corrected chi connectivity index (χ3v) is 3.43. The van der Waals surface area contributed by atoms with Crippen molar-refractivity contribution in [3.8, 4) is 0 Å². The first-order valence-electron chi connectivity index (χ1n) is 5.53. The number of piperidine rings is 1. The Morgan fingerprint density at radius 3 is 2.71 bits per heavy atom. The van der Waals surface area contributed by atoms with E-state index in [1.807, 2.05) is 0 Å². The number of carbonyl (C=O) groups excluding carboxylic acids is 1. The average Bonchev–Trinajstić information content (AvgIpc) is 3.00. The summed E-state index contributed by atoms with van der Waals surface area (Å²) in [5, 5.41) is 3.50.